The standard InChI is InChI=1S/C21H34ClN5.HI/c1-17(2)27-9-5-6-18(16-27)15-24-21(23-3)26-12-10-25(11-13-26)20-8-4-7-19(22)14-20;/h4,7-8,14,17-18H,5-6,9-13,15-16H2,1-3H3,(H,23,24);1H. The lowest BCUT2D eigenvalue weighted by molar-refractivity contribution is 0.140. The first-order valence-corrected chi connectivity index (χ1v) is 10.6. The van der Waals surface area contributed by atoms with Crippen LogP contribution in [0.5, 0.6) is 0 Å². The van der Waals surface area contributed by atoms with Gasteiger partial charge in [0.15, 0.2) is 5.96 Å². The second-order valence-corrected chi connectivity index (χ2v) is 8.42. The molecule has 158 valence electrons. The summed E-state index contributed by atoms with van der Waals surface area (Å²) in [5.41, 5.74) is 1.21. The van der Waals surface area contributed by atoms with Gasteiger partial charge in [-0.25, -0.2) is 0 Å². The van der Waals surface area contributed by atoms with Crippen molar-refractivity contribution in [3.05, 3.63) is 29.3 Å². The SMILES string of the molecule is CN=C(NCC1CCCN(C(C)C)C1)N1CCN(c2cccc(Cl)c2)CC1.I. The summed E-state index contributed by atoms with van der Waals surface area (Å²) < 4.78 is 0. The van der Waals surface area contributed by atoms with E-state index in [0.29, 0.717) is 12.0 Å². The average Bonchev–Trinajstić information content (AvgIpc) is 2.69. The topological polar surface area (TPSA) is 34.1 Å². The molecule has 7 heteroatoms. The summed E-state index contributed by atoms with van der Waals surface area (Å²) in [4.78, 5) is 11.9. The van der Waals surface area contributed by atoms with Crippen molar-refractivity contribution in [1.29, 1.82) is 0 Å². The van der Waals surface area contributed by atoms with Crippen molar-refractivity contribution in [1.82, 2.24) is 15.1 Å². The number of aliphatic imine (C=N–C) groups is 1. The van der Waals surface area contributed by atoms with Gasteiger partial charge in [0, 0.05) is 63.1 Å². The van der Waals surface area contributed by atoms with E-state index in [0.717, 1.165) is 43.7 Å². The number of nitrogens with zero attached hydrogens (tertiary/aromatic N) is 4. The minimum absolute atomic E-state index is 0. The molecule has 0 aromatic heterocycles. The molecule has 0 bridgehead atoms. The third kappa shape index (κ3) is 6.39. The molecule has 3 rings (SSSR count). The maximum absolute atomic E-state index is 6.14. The molecule has 0 aliphatic carbocycles. The van der Waals surface area contributed by atoms with Crippen molar-refractivity contribution in [2.75, 3.05) is 57.8 Å². The van der Waals surface area contributed by atoms with Gasteiger partial charge < -0.3 is 20.0 Å². The fourth-order valence-corrected chi connectivity index (χ4v) is 4.33. The summed E-state index contributed by atoms with van der Waals surface area (Å²) in [5.74, 6) is 1.76. The Morgan fingerprint density at radius 1 is 1.21 bits per heavy atom. The number of hydrogen-bond donors (Lipinski definition) is 1. The first-order valence-electron chi connectivity index (χ1n) is 10.3. The monoisotopic (exact) mass is 519 g/mol. The Hall–Kier alpha value is -0.730. The molecular weight excluding hydrogens is 485 g/mol. The summed E-state index contributed by atoms with van der Waals surface area (Å²) in [6, 6.07) is 8.78. The molecule has 1 N–H and O–H groups in total. The van der Waals surface area contributed by atoms with E-state index in [1.54, 1.807) is 0 Å². The summed E-state index contributed by atoms with van der Waals surface area (Å²) in [6.45, 7) is 12.0. The van der Waals surface area contributed by atoms with Gasteiger partial charge in [-0.15, -0.1) is 24.0 Å². The lowest BCUT2D eigenvalue weighted by Gasteiger charge is -2.39. The highest BCUT2D eigenvalue weighted by Gasteiger charge is 2.24. The molecule has 2 aliphatic rings. The minimum atomic E-state index is 0. The Labute approximate surface area is 192 Å². The zero-order valence-corrected chi connectivity index (χ0v) is 20.5. The van der Waals surface area contributed by atoms with E-state index >= 15 is 0 Å². The molecule has 28 heavy (non-hydrogen) atoms. The van der Waals surface area contributed by atoms with Crippen LogP contribution < -0.4 is 10.2 Å². The lowest BCUT2D eigenvalue weighted by atomic mass is 9.97. The van der Waals surface area contributed by atoms with Crippen molar-refractivity contribution in [3.63, 3.8) is 0 Å². The van der Waals surface area contributed by atoms with Crippen molar-refractivity contribution in [2.45, 2.75) is 32.7 Å². The third-order valence-corrected chi connectivity index (χ3v) is 6.03. The highest BCUT2D eigenvalue weighted by atomic mass is 127. The van der Waals surface area contributed by atoms with Gasteiger partial charge in [-0.05, 0) is 57.4 Å². The van der Waals surface area contributed by atoms with E-state index in [1.807, 2.05) is 25.2 Å². The smallest absolute Gasteiger partial charge is 0.193 e. The van der Waals surface area contributed by atoms with Crippen molar-refractivity contribution < 1.29 is 0 Å². The number of benzene rings is 1. The van der Waals surface area contributed by atoms with Crippen molar-refractivity contribution in [3.8, 4) is 0 Å². The number of likely N-dealkylation sites (tertiary alicyclic amines) is 1. The molecule has 5 nitrogen and oxygen atoms in total. The molecule has 1 aromatic carbocycles. The van der Waals surface area contributed by atoms with E-state index < -0.39 is 0 Å². The number of piperidine rings is 1. The molecule has 2 fully saturated rings. The van der Waals surface area contributed by atoms with E-state index in [4.69, 9.17) is 11.6 Å². The van der Waals surface area contributed by atoms with Crippen LogP contribution in [-0.2, 0) is 0 Å². The molecule has 2 aliphatic heterocycles. The number of guanidine groups is 1. The molecule has 0 radical (unpaired) electrons. The molecular formula is C21H35ClIN5. The third-order valence-electron chi connectivity index (χ3n) is 5.79. The van der Waals surface area contributed by atoms with Gasteiger partial charge in [-0.2, -0.15) is 0 Å². The van der Waals surface area contributed by atoms with Crippen LogP contribution in [0, 0.1) is 5.92 Å². The Kier molecular flexibility index (Phi) is 9.63. The van der Waals surface area contributed by atoms with E-state index in [2.05, 4.69) is 44.9 Å². The Morgan fingerprint density at radius 2 is 1.96 bits per heavy atom. The first kappa shape index (κ1) is 23.5. The van der Waals surface area contributed by atoms with E-state index in [1.165, 1.54) is 31.6 Å². The summed E-state index contributed by atoms with van der Waals surface area (Å²) in [7, 11) is 1.90. The van der Waals surface area contributed by atoms with Crippen LogP contribution in [0.1, 0.15) is 26.7 Å². The highest BCUT2D eigenvalue weighted by Crippen LogP contribution is 2.21. The molecule has 0 saturated carbocycles. The van der Waals surface area contributed by atoms with Crippen LogP contribution in [0.25, 0.3) is 0 Å². The first-order chi connectivity index (χ1) is 13.1. The summed E-state index contributed by atoms with van der Waals surface area (Å²) in [5, 5.41) is 4.44. The number of piperazine rings is 1. The average molecular weight is 520 g/mol. The van der Waals surface area contributed by atoms with Gasteiger partial charge in [0.1, 0.15) is 0 Å². The second kappa shape index (κ2) is 11.5. The highest BCUT2D eigenvalue weighted by molar-refractivity contribution is 14.0. The largest absolute Gasteiger partial charge is 0.368 e. The van der Waals surface area contributed by atoms with Gasteiger partial charge >= 0.3 is 0 Å². The number of hydrogen-bond acceptors (Lipinski definition) is 3. The molecule has 2 heterocycles. The fraction of sp³-hybridized carbons (Fsp3) is 0.667. The Bertz CT molecular complexity index is 631. The van der Waals surface area contributed by atoms with Crippen LogP contribution in [0.2, 0.25) is 5.02 Å². The zero-order chi connectivity index (χ0) is 19.2. The van der Waals surface area contributed by atoms with E-state index in [9.17, 15) is 0 Å². The van der Waals surface area contributed by atoms with Crippen LogP contribution >= 0.6 is 35.6 Å². The maximum atomic E-state index is 6.14. The van der Waals surface area contributed by atoms with Crippen LogP contribution in [0.3, 0.4) is 0 Å². The molecule has 2 saturated heterocycles. The molecule has 1 unspecified atom stereocenters. The van der Waals surface area contributed by atoms with Gasteiger partial charge in [0.2, 0.25) is 0 Å². The number of rotatable bonds is 4. The summed E-state index contributed by atoms with van der Waals surface area (Å²) >= 11 is 6.14. The van der Waals surface area contributed by atoms with Crippen LogP contribution in [0.15, 0.2) is 29.3 Å². The van der Waals surface area contributed by atoms with Gasteiger partial charge in [0.05, 0.1) is 0 Å². The van der Waals surface area contributed by atoms with E-state index in [-0.39, 0.29) is 24.0 Å². The predicted octanol–water partition coefficient (Wildman–Crippen LogP) is 3.78. The number of anilines is 1. The maximum Gasteiger partial charge on any atom is 0.193 e. The quantitative estimate of drug-likeness (QED) is 0.373. The Balaban J connectivity index is 0.00000280. The normalized spacial score (nSPS) is 21.6. The number of nitrogens with one attached hydrogen (secondary N) is 1. The predicted molar refractivity (Wildman–Crippen MR) is 131 cm³/mol. The molecule has 1 aromatic rings. The van der Waals surface area contributed by atoms with Crippen molar-refractivity contribution >= 4 is 47.2 Å². The fourth-order valence-electron chi connectivity index (χ4n) is 4.15. The lowest BCUT2D eigenvalue weighted by Crippen LogP contribution is -2.53. The second-order valence-electron chi connectivity index (χ2n) is 7.98. The van der Waals surface area contributed by atoms with Crippen LogP contribution in [-0.4, -0.2) is 74.7 Å². The van der Waals surface area contributed by atoms with Gasteiger partial charge in [0.25, 0.3) is 0 Å². The summed E-state index contributed by atoms with van der Waals surface area (Å²) in [6.07, 6.45) is 2.62. The molecule has 0 amide bonds. The molecule has 1 atom stereocenters. The molecule has 0 spiro atoms. The number of halogens is 2. The van der Waals surface area contributed by atoms with Gasteiger partial charge in [-0.1, -0.05) is 17.7 Å². The zero-order valence-electron chi connectivity index (χ0n) is 17.4. The minimum Gasteiger partial charge on any atom is -0.368 e. The van der Waals surface area contributed by atoms with Crippen LogP contribution in [0.4, 0.5) is 5.69 Å². The van der Waals surface area contributed by atoms with Crippen molar-refractivity contribution in [2.24, 2.45) is 10.9 Å². The Morgan fingerprint density at radius 3 is 2.61 bits per heavy atom. The van der Waals surface area contributed by atoms with Gasteiger partial charge in [-0.3, -0.25) is 4.99 Å².